The zero-order chi connectivity index (χ0) is 16.2. The lowest BCUT2D eigenvalue weighted by molar-refractivity contribution is -0.168. The van der Waals surface area contributed by atoms with Gasteiger partial charge in [0.1, 0.15) is 5.82 Å². The normalized spacial score (nSPS) is 16.3. The van der Waals surface area contributed by atoms with Gasteiger partial charge in [0, 0.05) is 19.2 Å². The maximum atomic E-state index is 13.5. The van der Waals surface area contributed by atoms with E-state index < -0.39 is 24.1 Å². The molecule has 1 N–H and O–H groups in total. The summed E-state index contributed by atoms with van der Waals surface area (Å²) in [7, 11) is 1.51. The van der Waals surface area contributed by atoms with Crippen LogP contribution in [0.4, 0.5) is 4.39 Å². The maximum Gasteiger partial charge on any atom is 0.338 e. The van der Waals surface area contributed by atoms with E-state index in [1.165, 1.54) is 18.0 Å². The van der Waals surface area contributed by atoms with Crippen molar-refractivity contribution < 1.29 is 23.8 Å². The highest BCUT2D eigenvalue weighted by atomic mass is 19.1. The number of halogens is 1. The molecular formula is C16H20FNO4. The molecule has 0 atom stereocenters. The monoisotopic (exact) mass is 309 g/mol. The molecule has 1 saturated carbocycles. The third-order valence-corrected chi connectivity index (χ3v) is 3.93. The fraction of sp³-hybridized carbons (Fsp3) is 0.500. The van der Waals surface area contributed by atoms with Gasteiger partial charge in [0.25, 0.3) is 5.91 Å². The lowest BCUT2D eigenvalue weighted by Crippen LogP contribution is -2.39. The fourth-order valence-electron chi connectivity index (χ4n) is 2.51. The van der Waals surface area contributed by atoms with Crippen LogP contribution < -0.4 is 0 Å². The van der Waals surface area contributed by atoms with E-state index in [2.05, 4.69) is 0 Å². The van der Waals surface area contributed by atoms with Crippen LogP contribution in [0.5, 0.6) is 0 Å². The van der Waals surface area contributed by atoms with Crippen molar-refractivity contribution in [1.82, 2.24) is 4.90 Å². The number of aliphatic hydroxyl groups is 1. The predicted molar refractivity (Wildman–Crippen MR) is 77.3 cm³/mol. The molecule has 6 heteroatoms. The molecule has 1 aliphatic carbocycles. The van der Waals surface area contributed by atoms with Crippen LogP contribution in [0, 0.1) is 5.82 Å². The minimum absolute atomic E-state index is 0.0906. The molecule has 0 aromatic heterocycles. The Morgan fingerprint density at radius 1 is 1.32 bits per heavy atom. The minimum atomic E-state index is -1.45. The number of ether oxygens (including phenoxy) is 1. The largest absolute Gasteiger partial charge is 0.453 e. The summed E-state index contributed by atoms with van der Waals surface area (Å²) in [5, 5.41) is 10.0. The van der Waals surface area contributed by atoms with Crippen LogP contribution in [-0.4, -0.2) is 41.1 Å². The second-order valence-corrected chi connectivity index (χ2v) is 5.66. The summed E-state index contributed by atoms with van der Waals surface area (Å²) >= 11 is 0. The molecule has 0 spiro atoms. The first-order valence-corrected chi connectivity index (χ1v) is 7.29. The molecule has 0 aliphatic heterocycles. The summed E-state index contributed by atoms with van der Waals surface area (Å²) in [5.74, 6) is -1.59. The number of hydrogen-bond acceptors (Lipinski definition) is 4. The van der Waals surface area contributed by atoms with Gasteiger partial charge in [-0.05, 0) is 31.7 Å². The average molecular weight is 309 g/mol. The number of rotatable bonds is 5. The number of amides is 1. The molecule has 0 heterocycles. The lowest BCUT2D eigenvalue weighted by atomic mass is 10.0. The smallest absolute Gasteiger partial charge is 0.338 e. The Balaban J connectivity index is 1.84. The van der Waals surface area contributed by atoms with Crippen molar-refractivity contribution in [3.05, 3.63) is 35.6 Å². The first-order valence-electron chi connectivity index (χ1n) is 7.29. The van der Waals surface area contributed by atoms with Crippen LogP contribution in [-0.2, 0) is 20.9 Å². The third kappa shape index (κ3) is 3.82. The topological polar surface area (TPSA) is 66.8 Å². The predicted octanol–water partition coefficient (Wildman–Crippen LogP) is 1.63. The van der Waals surface area contributed by atoms with Crippen molar-refractivity contribution in [2.45, 2.75) is 37.8 Å². The van der Waals surface area contributed by atoms with E-state index in [1.54, 1.807) is 18.2 Å². The van der Waals surface area contributed by atoms with Gasteiger partial charge in [-0.2, -0.15) is 0 Å². The van der Waals surface area contributed by atoms with Crippen molar-refractivity contribution in [3.63, 3.8) is 0 Å². The summed E-state index contributed by atoms with van der Waals surface area (Å²) in [4.78, 5) is 25.0. The van der Waals surface area contributed by atoms with E-state index >= 15 is 0 Å². The second-order valence-electron chi connectivity index (χ2n) is 5.66. The summed E-state index contributed by atoms with van der Waals surface area (Å²) in [6.07, 6.45) is 2.27. The van der Waals surface area contributed by atoms with E-state index in [9.17, 15) is 19.1 Å². The Labute approximate surface area is 128 Å². The fourth-order valence-corrected chi connectivity index (χ4v) is 2.51. The van der Waals surface area contributed by atoms with E-state index in [-0.39, 0.29) is 12.4 Å². The number of benzene rings is 1. The van der Waals surface area contributed by atoms with Gasteiger partial charge in [-0.1, -0.05) is 18.2 Å². The van der Waals surface area contributed by atoms with Crippen LogP contribution in [0.3, 0.4) is 0 Å². The van der Waals surface area contributed by atoms with E-state index in [0.29, 0.717) is 18.4 Å². The molecule has 0 unspecified atom stereocenters. The summed E-state index contributed by atoms with van der Waals surface area (Å²) in [6, 6.07) is 6.17. The molecule has 0 bridgehead atoms. The molecule has 1 aromatic carbocycles. The first kappa shape index (κ1) is 16.4. The molecule has 0 saturated heterocycles. The molecule has 22 heavy (non-hydrogen) atoms. The summed E-state index contributed by atoms with van der Waals surface area (Å²) < 4.78 is 18.4. The summed E-state index contributed by atoms with van der Waals surface area (Å²) in [5.41, 5.74) is -1.07. The highest BCUT2D eigenvalue weighted by Crippen LogP contribution is 2.30. The third-order valence-electron chi connectivity index (χ3n) is 3.93. The standard InChI is InChI=1S/C16H20FNO4/c1-18(10-12-6-2-3-7-13(12)17)14(19)11-22-15(20)16(21)8-4-5-9-16/h2-3,6-7,21H,4-5,8-11H2,1H3. The van der Waals surface area contributed by atoms with Crippen LogP contribution in [0.25, 0.3) is 0 Å². The first-order chi connectivity index (χ1) is 10.4. The maximum absolute atomic E-state index is 13.5. The average Bonchev–Trinajstić information content (AvgIpc) is 2.94. The number of likely N-dealkylation sites (N-methyl/N-ethyl adjacent to an activating group) is 1. The number of esters is 1. The van der Waals surface area contributed by atoms with Crippen molar-refractivity contribution >= 4 is 11.9 Å². The highest BCUT2D eigenvalue weighted by Gasteiger charge is 2.40. The highest BCUT2D eigenvalue weighted by molar-refractivity contribution is 5.84. The molecular weight excluding hydrogens is 289 g/mol. The Bertz CT molecular complexity index is 555. The lowest BCUT2D eigenvalue weighted by Gasteiger charge is -2.21. The van der Waals surface area contributed by atoms with Gasteiger partial charge in [0.15, 0.2) is 12.2 Å². The van der Waals surface area contributed by atoms with Gasteiger partial charge in [0.05, 0.1) is 0 Å². The van der Waals surface area contributed by atoms with Crippen molar-refractivity contribution in [3.8, 4) is 0 Å². The van der Waals surface area contributed by atoms with Crippen molar-refractivity contribution in [2.24, 2.45) is 0 Å². The Kier molecular flexibility index (Phi) is 5.13. The van der Waals surface area contributed by atoms with Crippen LogP contribution >= 0.6 is 0 Å². The Morgan fingerprint density at radius 2 is 1.95 bits per heavy atom. The Hall–Kier alpha value is -1.95. The molecule has 5 nitrogen and oxygen atoms in total. The Morgan fingerprint density at radius 3 is 2.59 bits per heavy atom. The number of carbonyl (C=O) groups is 2. The molecule has 1 fully saturated rings. The molecule has 1 aromatic rings. The number of carbonyl (C=O) groups excluding carboxylic acids is 2. The van der Waals surface area contributed by atoms with E-state index in [1.807, 2.05) is 0 Å². The van der Waals surface area contributed by atoms with E-state index in [0.717, 1.165) is 12.8 Å². The van der Waals surface area contributed by atoms with Crippen LogP contribution in [0.15, 0.2) is 24.3 Å². The zero-order valence-electron chi connectivity index (χ0n) is 12.5. The van der Waals surface area contributed by atoms with Gasteiger partial charge >= 0.3 is 5.97 Å². The van der Waals surface area contributed by atoms with Gasteiger partial charge in [-0.15, -0.1) is 0 Å². The van der Waals surface area contributed by atoms with Crippen molar-refractivity contribution in [1.29, 1.82) is 0 Å². The minimum Gasteiger partial charge on any atom is -0.453 e. The van der Waals surface area contributed by atoms with Gasteiger partial charge in [-0.3, -0.25) is 4.79 Å². The SMILES string of the molecule is CN(Cc1ccccc1F)C(=O)COC(=O)C1(O)CCCC1. The number of nitrogens with zero attached hydrogens (tertiary/aromatic N) is 1. The van der Waals surface area contributed by atoms with Gasteiger partial charge in [0.2, 0.25) is 0 Å². The second kappa shape index (κ2) is 6.87. The molecule has 1 aliphatic rings. The van der Waals surface area contributed by atoms with Crippen LogP contribution in [0.1, 0.15) is 31.2 Å². The molecule has 1 amide bonds. The van der Waals surface area contributed by atoms with Crippen LogP contribution in [0.2, 0.25) is 0 Å². The number of hydrogen-bond donors (Lipinski definition) is 1. The quantitative estimate of drug-likeness (QED) is 0.840. The zero-order valence-corrected chi connectivity index (χ0v) is 12.5. The van der Waals surface area contributed by atoms with Gasteiger partial charge in [-0.25, -0.2) is 9.18 Å². The molecule has 0 radical (unpaired) electrons. The summed E-state index contributed by atoms with van der Waals surface area (Å²) in [6.45, 7) is -0.362. The molecule has 2 rings (SSSR count). The van der Waals surface area contributed by atoms with Crippen molar-refractivity contribution in [2.75, 3.05) is 13.7 Å². The van der Waals surface area contributed by atoms with E-state index in [4.69, 9.17) is 4.74 Å². The van der Waals surface area contributed by atoms with Gasteiger partial charge < -0.3 is 14.7 Å². The molecule has 120 valence electrons.